The van der Waals surface area contributed by atoms with E-state index in [0.29, 0.717) is 5.70 Å². The molecule has 2 nitrogen and oxygen atoms in total. The van der Waals surface area contributed by atoms with Crippen LogP contribution in [0, 0.1) is 6.92 Å². The fourth-order valence-corrected chi connectivity index (χ4v) is 2.20. The van der Waals surface area contributed by atoms with Gasteiger partial charge in [0.1, 0.15) is 0 Å². The van der Waals surface area contributed by atoms with Crippen molar-refractivity contribution in [1.82, 2.24) is 0 Å². The molecule has 2 aromatic carbocycles. The van der Waals surface area contributed by atoms with E-state index in [0.717, 1.165) is 5.56 Å². The van der Waals surface area contributed by atoms with Crippen molar-refractivity contribution in [1.29, 1.82) is 0 Å². The Balaban J connectivity index is 2.55. The molecule has 0 saturated carbocycles. The van der Waals surface area contributed by atoms with Crippen molar-refractivity contribution in [2.45, 2.75) is 12.8 Å². The van der Waals surface area contributed by atoms with Crippen LogP contribution in [0.25, 0.3) is 0 Å². The summed E-state index contributed by atoms with van der Waals surface area (Å²) in [6.45, 7) is 2.09. The monoisotopic (exact) mass is 238 g/mol. The molecule has 92 valence electrons. The Hall–Kier alpha value is -2.22. The number of allylic oxidation sites excluding steroid dienone is 1. The van der Waals surface area contributed by atoms with E-state index in [1.54, 1.807) is 0 Å². The molecule has 0 fully saturated rings. The van der Waals surface area contributed by atoms with Crippen LogP contribution in [0.2, 0.25) is 0 Å². The Labute approximate surface area is 108 Å². The van der Waals surface area contributed by atoms with Gasteiger partial charge in [0.2, 0.25) is 0 Å². The average Bonchev–Trinajstić information content (AvgIpc) is 2.42. The molecule has 0 amide bonds. The van der Waals surface area contributed by atoms with Gasteiger partial charge in [0.25, 0.3) is 0 Å². The molecule has 0 heterocycles. The number of hydrogen-bond donors (Lipinski definition) is 2. The number of rotatable bonds is 3. The first-order valence-corrected chi connectivity index (χ1v) is 6.01. The summed E-state index contributed by atoms with van der Waals surface area (Å²) < 4.78 is 0. The third-order valence-corrected chi connectivity index (χ3v) is 3.16. The highest BCUT2D eigenvalue weighted by Gasteiger charge is 2.17. The predicted octanol–water partition coefficient (Wildman–Crippen LogP) is 2.89. The van der Waals surface area contributed by atoms with Crippen molar-refractivity contribution in [3.05, 3.63) is 83.2 Å². The standard InChI is InChI=1S/C16H18N2/c1-12-7-5-6-10-14(12)16(15(18)11-17)13-8-3-2-4-9-13/h2-11,16H,17-18H2,1H3/b15-11-. The Morgan fingerprint density at radius 3 is 2.22 bits per heavy atom. The van der Waals surface area contributed by atoms with E-state index in [-0.39, 0.29) is 5.92 Å². The highest BCUT2D eigenvalue weighted by Crippen LogP contribution is 2.30. The molecule has 1 unspecified atom stereocenters. The lowest BCUT2D eigenvalue weighted by atomic mass is 9.86. The zero-order valence-corrected chi connectivity index (χ0v) is 10.5. The maximum Gasteiger partial charge on any atom is 0.0502 e. The molecule has 0 radical (unpaired) electrons. The fraction of sp³-hybridized carbons (Fsp3) is 0.125. The van der Waals surface area contributed by atoms with Gasteiger partial charge in [-0.15, -0.1) is 0 Å². The summed E-state index contributed by atoms with van der Waals surface area (Å²) in [6, 6.07) is 18.4. The highest BCUT2D eigenvalue weighted by molar-refractivity contribution is 5.43. The molecule has 18 heavy (non-hydrogen) atoms. The third kappa shape index (κ3) is 2.38. The molecule has 0 bridgehead atoms. The summed E-state index contributed by atoms with van der Waals surface area (Å²) in [5, 5.41) is 0. The summed E-state index contributed by atoms with van der Waals surface area (Å²) in [7, 11) is 0. The fourth-order valence-electron chi connectivity index (χ4n) is 2.20. The van der Waals surface area contributed by atoms with E-state index in [9.17, 15) is 0 Å². The van der Waals surface area contributed by atoms with E-state index < -0.39 is 0 Å². The number of hydrogen-bond acceptors (Lipinski definition) is 2. The SMILES string of the molecule is Cc1ccccc1C(/C(N)=C/N)c1ccccc1. The molecule has 0 aliphatic rings. The van der Waals surface area contributed by atoms with Crippen molar-refractivity contribution in [2.75, 3.05) is 0 Å². The highest BCUT2D eigenvalue weighted by atomic mass is 14.7. The zero-order chi connectivity index (χ0) is 13.0. The van der Waals surface area contributed by atoms with Crippen LogP contribution >= 0.6 is 0 Å². The van der Waals surface area contributed by atoms with Gasteiger partial charge in [-0.25, -0.2) is 0 Å². The van der Waals surface area contributed by atoms with Crippen LogP contribution in [-0.4, -0.2) is 0 Å². The molecule has 4 N–H and O–H groups in total. The van der Waals surface area contributed by atoms with Crippen LogP contribution in [0.15, 0.2) is 66.5 Å². The second-order valence-corrected chi connectivity index (χ2v) is 4.37. The van der Waals surface area contributed by atoms with Crippen molar-refractivity contribution >= 4 is 0 Å². The smallest absolute Gasteiger partial charge is 0.0502 e. The first-order valence-electron chi connectivity index (χ1n) is 6.01. The first kappa shape index (κ1) is 12.2. The number of aryl methyl sites for hydroxylation is 1. The normalized spacial score (nSPS) is 13.3. The van der Waals surface area contributed by atoms with E-state index in [2.05, 4.69) is 31.2 Å². The summed E-state index contributed by atoms with van der Waals surface area (Å²) in [4.78, 5) is 0. The van der Waals surface area contributed by atoms with E-state index >= 15 is 0 Å². The van der Waals surface area contributed by atoms with Crippen LogP contribution < -0.4 is 11.5 Å². The minimum atomic E-state index is 0.0254. The van der Waals surface area contributed by atoms with Gasteiger partial charge in [0.05, 0.1) is 5.92 Å². The summed E-state index contributed by atoms with van der Waals surface area (Å²) >= 11 is 0. The lowest BCUT2D eigenvalue weighted by molar-refractivity contribution is 0.911. The van der Waals surface area contributed by atoms with Crippen LogP contribution in [-0.2, 0) is 0 Å². The van der Waals surface area contributed by atoms with E-state index in [1.165, 1.54) is 17.3 Å². The minimum Gasteiger partial charge on any atom is -0.403 e. The molecule has 0 aromatic heterocycles. The van der Waals surface area contributed by atoms with E-state index in [1.807, 2.05) is 30.3 Å². The third-order valence-electron chi connectivity index (χ3n) is 3.16. The van der Waals surface area contributed by atoms with Crippen LogP contribution in [0.5, 0.6) is 0 Å². The first-order chi connectivity index (χ1) is 8.74. The second kappa shape index (κ2) is 5.41. The van der Waals surface area contributed by atoms with Gasteiger partial charge < -0.3 is 11.5 Å². The summed E-state index contributed by atoms with van der Waals surface area (Å²) in [6.07, 6.45) is 1.49. The zero-order valence-electron chi connectivity index (χ0n) is 10.5. The second-order valence-electron chi connectivity index (χ2n) is 4.37. The predicted molar refractivity (Wildman–Crippen MR) is 75.9 cm³/mol. The van der Waals surface area contributed by atoms with Crippen molar-refractivity contribution in [3.8, 4) is 0 Å². The molecular formula is C16H18N2. The molecule has 2 rings (SSSR count). The summed E-state index contributed by atoms with van der Waals surface area (Å²) in [5.74, 6) is 0.0254. The molecule has 1 atom stereocenters. The van der Waals surface area contributed by atoms with Gasteiger partial charge in [-0.3, -0.25) is 0 Å². The van der Waals surface area contributed by atoms with Gasteiger partial charge >= 0.3 is 0 Å². The molecule has 2 heteroatoms. The molecule has 0 aliphatic heterocycles. The maximum absolute atomic E-state index is 6.09. The Morgan fingerprint density at radius 2 is 1.61 bits per heavy atom. The van der Waals surface area contributed by atoms with Crippen molar-refractivity contribution in [3.63, 3.8) is 0 Å². The Morgan fingerprint density at radius 1 is 1.00 bits per heavy atom. The molecule has 0 aliphatic carbocycles. The van der Waals surface area contributed by atoms with E-state index in [4.69, 9.17) is 11.5 Å². The maximum atomic E-state index is 6.09. The van der Waals surface area contributed by atoms with Crippen LogP contribution in [0.3, 0.4) is 0 Å². The van der Waals surface area contributed by atoms with Gasteiger partial charge in [-0.2, -0.15) is 0 Å². The summed E-state index contributed by atoms with van der Waals surface area (Å²) in [5.41, 5.74) is 15.9. The Bertz CT molecular complexity index is 544. The molecule has 0 saturated heterocycles. The van der Waals surface area contributed by atoms with Crippen LogP contribution in [0.4, 0.5) is 0 Å². The van der Waals surface area contributed by atoms with Crippen molar-refractivity contribution < 1.29 is 0 Å². The molecule has 2 aromatic rings. The van der Waals surface area contributed by atoms with Gasteiger partial charge in [0, 0.05) is 11.9 Å². The lowest BCUT2D eigenvalue weighted by Gasteiger charge is -2.20. The van der Waals surface area contributed by atoms with Gasteiger partial charge in [-0.05, 0) is 23.6 Å². The Kier molecular flexibility index (Phi) is 3.68. The number of nitrogens with two attached hydrogens (primary N) is 2. The number of benzene rings is 2. The minimum absolute atomic E-state index is 0.0254. The average molecular weight is 238 g/mol. The molecule has 0 spiro atoms. The largest absolute Gasteiger partial charge is 0.403 e. The molecular weight excluding hydrogens is 220 g/mol. The lowest BCUT2D eigenvalue weighted by Crippen LogP contribution is -2.14. The van der Waals surface area contributed by atoms with Gasteiger partial charge in [0.15, 0.2) is 0 Å². The topological polar surface area (TPSA) is 52.0 Å². The van der Waals surface area contributed by atoms with Gasteiger partial charge in [-0.1, -0.05) is 54.6 Å². The quantitative estimate of drug-likeness (QED) is 0.864. The van der Waals surface area contributed by atoms with Crippen molar-refractivity contribution in [2.24, 2.45) is 11.5 Å². The van der Waals surface area contributed by atoms with Crippen LogP contribution in [0.1, 0.15) is 22.6 Å².